The monoisotopic (exact) mass is 229 g/mol. The Morgan fingerprint density at radius 1 is 1.56 bits per heavy atom. The molecule has 1 rings (SSSR count). The second-order valence-electron chi connectivity index (χ2n) is 5.30. The van der Waals surface area contributed by atoms with Crippen LogP contribution < -0.4 is 5.32 Å². The first-order chi connectivity index (χ1) is 7.47. The smallest absolute Gasteiger partial charge is 0.323 e. The van der Waals surface area contributed by atoms with E-state index in [4.69, 9.17) is 9.84 Å². The molecule has 2 unspecified atom stereocenters. The third-order valence-corrected chi connectivity index (χ3v) is 3.54. The van der Waals surface area contributed by atoms with E-state index in [1.807, 2.05) is 0 Å². The van der Waals surface area contributed by atoms with Gasteiger partial charge < -0.3 is 9.84 Å². The van der Waals surface area contributed by atoms with Gasteiger partial charge in [0.05, 0.1) is 6.61 Å². The number of carboxylic acids is 1. The minimum atomic E-state index is -0.830. The Morgan fingerprint density at radius 2 is 2.25 bits per heavy atom. The molecular weight excluding hydrogens is 206 g/mol. The summed E-state index contributed by atoms with van der Waals surface area (Å²) in [6.07, 6.45) is 4.64. The van der Waals surface area contributed by atoms with Gasteiger partial charge in [0.15, 0.2) is 0 Å². The molecule has 1 aliphatic rings. The van der Waals surface area contributed by atoms with Crippen LogP contribution in [0.5, 0.6) is 0 Å². The van der Waals surface area contributed by atoms with Gasteiger partial charge in [0.25, 0.3) is 0 Å². The molecule has 4 heteroatoms. The number of carbonyl (C=O) groups is 1. The van der Waals surface area contributed by atoms with E-state index in [2.05, 4.69) is 19.2 Å². The van der Waals surface area contributed by atoms with Crippen LogP contribution in [-0.4, -0.2) is 36.9 Å². The number of ether oxygens (including phenoxy) is 1. The van der Waals surface area contributed by atoms with Crippen molar-refractivity contribution < 1.29 is 14.6 Å². The van der Waals surface area contributed by atoms with Gasteiger partial charge in [-0.25, -0.2) is 0 Å². The Kier molecular flexibility index (Phi) is 4.74. The predicted octanol–water partition coefficient (Wildman–Crippen LogP) is 1.64. The van der Waals surface area contributed by atoms with Crippen LogP contribution in [0.25, 0.3) is 0 Å². The zero-order valence-corrected chi connectivity index (χ0v) is 10.5. The maximum atomic E-state index is 11.0. The van der Waals surface area contributed by atoms with Crippen molar-refractivity contribution in [3.8, 4) is 0 Å². The second-order valence-corrected chi connectivity index (χ2v) is 5.30. The van der Waals surface area contributed by atoms with E-state index in [0.717, 1.165) is 12.8 Å². The molecular formula is C12H23NO3. The van der Waals surface area contributed by atoms with Crippen LogP contribution >= 0.6 is 0 Å². The topological polar surface area (TPSA) is 58.6 Å². The Balaban J connectivity index is 2.58. The van der Waals surface area contributed by atoms with E-state index in [9.17, 15) is 4.79 Å². The first-order valence-electron chi connectivity index (χ1n) is 5.95. The molecule has 94 valence electrons. The molecule has 0 saturated heterocycles. The fraction of sp³-hybridized carbons (Fsp3) is 0.917. The van der Waals surface area contributed by atoms with Crippen LogP contribution in [0.15, 0.2) is 0 Å². The molecule has 0 radical (unpaired) electrons. The minimum Gasteiger partial charge on any atom is -0.480 e. The third-order valence-electron chi connectivity index (χ3n) is 3.54. The van der Waals surface area contributed by atoms with E-state index in [1.165, 1.54) is 20.0 Å². The summed E-state index contributed by atoms with van der Waals surface area (Å²) in [6, 6.07) is -0.315. The lowest BCUT2D eigenvalue weighted by Gasteiger charge is -2.40. The average Bonchev–Trinajstić information content (AvgIpc) is 2.19. The van der Waals surface area contributed by atoms with Crippen LogP contribution in [0.1, 0.15) is 39.5 Å². The van der Waals surface area contributed by atoms with Gasteiger partial charge in [-0.05, 0) is 18.3 Å². The highest BCUT2D eigenvalue weighted by Gasteiger charge is 2.34. The van der Waals surface area contributed by atoms with Crippen LogP contribution in [0.2, 0.25) is 0 Å². The van der Waals surface area contributed by atoms with Gasteiger partial charge in [0.1, 0.15) is 6.04 Å². The van der Waals surface area contributed by atoms with Crippen LogP contribution in [0.3, 0.4) is 0 Å². The summed E-state index contributed by atoms with van der Waals surface area (Å²) in [5.74, 6) is -0.830. The molecule has 0 aromatic rings. The standard InChI is InChI=1S/C12H23NO3/c1-12(2)7-5-4-6-10(12)13-9(8-16-3)11(14)15/h9-10,13H,4-8H2,1-3H3,(H,14,15). The quantitative estimate of drug-likeness (QED) is 0.752. The van der Waals surface area contributed by atoms with Gasteiger partial charge in [-0.15, -0.1) is 0 Å². The summed E-state index contributed by atoms with van der Waals surface area (Å²) >= 11 is 0. The SMILES string of the molecule is COCC(NC1CCCCC1(C)C)C(=O)O. The van der Waals surface area contributed by atoms with E-state index in [-0.39, 0.29) is 18.1 Å². The molecule has 2 atom stereocenters. The van der Waals surface area contributed by atoms with Gasteiger partial charge in [-0.3, -0.25) is 10.1 Å². The summed E-state index contributed by atoms with van der Waals surface area (Å²) in [4.78, 5) is 11.0. The van der Waals surface area contributed by atoms with Gasteiger partial charge in [-0.2, -0.15) is 0 Å². The zero-order valence-electron chi connectivity index (χ0n) is 10.5. The highest BCUT2D eigenvalue weighted by Crippen LogP contribution is 2.35. The van der Waals surface area contributed by atoms with Crippen molar-refractivity contribution in [2.45, 2.75) is 51.6 Å². The Hall–Kier alpha value is -0.610. The maximum absolute atomic E-state index is 11.0. The number of nitrogens with one attached hydrogen (secondary N) is 1. The number of rotatable bonds is 5. The highest BCUT2D eigenvalue weighted by molar-refractivity contribution is 5.73. The van der Waals surface area contributed by atoms with Crippen molar-refractivity contribution in [3.05, 3.63) is 0 Å². The lowest BCUT2D eigenvalue weighted by atomic mass is 9.73. The highest BCUT2D eigenvalue weighted by atomic mass is 16.5. The Morgan fingerprint density at radius 3 is 2.75 bits per heavy atom. The fourth-order valence-corrected chi connectivity index (χ4v) is 2.40. The van der Waals surface area contributed by atoms with Crippen molar-refractivity contribution in [2.75, 3.05) is 13.7 Å². The van der Waals surface area contributed by atoms with Crippen LogP contribution in [0.4, 0.5) is 0 Å². The first-order valence-corrected chi connectivity index (χ1v) is 5.95. The molecule has 0 amide bonds. The van der Waals surface area contributed by atoms with Crippen molar-refractivity contribution >= 4 is 5.97 Å². The van der Waals surface area contributed by atoms with Crippen molar-refractivity contribution in [2.24, 2.45) is 5.41 Å². The predicted molar refractivity (Wildman–Crippen MR) is 62.5 cm³/mol. The number of hydrogen-bond acceptors (Lipinski definition) is 3. The summed E-state index contributed by atoms with van der Waals surface area (Å²) in [7, 11) is 1.53. The summed E-state index contributed by atoms with van der Waals surface area (Å²) in [5, 5.41) is 12.3. The molecule has 1 fully saturated rings. The summed E-state index contributed by atoms with van der Waals surface area (Å²) in [5.41, 5.74) is 0.180. The number of carboxylic acid groups (broad SMARTS) is 1. The molecule has 4 nitrogen and oxygen atoms in total. The van der Waals surface area contributed by atoms with Crippen molar-refractivity contribution in [1.82, 2.24) is 5.32 Å². The maximum Gasteiger partial charge on any atom is 0.323 e. The summed E-state index contributed by atoms with van der Waals surface area (Å²) < 4.78 is 4.93. The van der Waals surface area contributed by atoms with Gasteiger partial charge in [0, 0.05) is 13.2 Å². The van der Waals surface area contributed by atoms with E-state index in [0.29, 0.717) is 0 Å². The minimum absolute atomic E-state index is 0.180. The van der Waals surface area contributed by atoms with Gasteiger partial charge in [0.2, 0.25) is 0 Å². The first kappa shape index (κ1) is 13.5. The third kappa shape index (κ3) is 3.46. The molecule has 0 aromatic heterocycles. The molecule has 0 aromatic carbocycles. The second kappa shape index (κ2) is 5.64. The lowest BCUT2D eigenvalue weighted by molar-refractivity contribution is -0.141. The molecule has 0 heterocycles. The largest absolute Gasteiger partial charge is 0.480 e. The Labute approximate surface area is 97.4 Å². The lowest BCUT2D eigenvalue weighted by Crippen LogP contribution is -2.52. The normalized spacial score (nSPS) is 26.3. The average molecular weight is 229 g/mol. The molecule has 16 heavy (non-hydrogen) atoms. The zero-order chi connectivity index (χ0) is 12.2. The van der Waals surface area contributed by atoms with Crippen molar-refractivity contribution in [3.63, 3.8) is 0 Å². The van der Waals surface area contributed by atoms with E-state index in [1.54, 1.807) is 0 Å². The molecule has 0 bridgehead atoms. The molecule has 1 aliphatic carbocycles. The van der Waals surface area contributed by atoms with E-state index < -0.39 is 12.0 Å². The number of methoxy groups -OCH3 is 1. The summed E-state index contributed by atoms with van der Waals surface area (Å²) in [6.45, 7) is 4.63. The molecule has 0 aliphatic heterocycles. The van der Waals surface area contributed by atoms with Gasteiger partial charge in [-0.1, -0.05) is 26.7 Å². The molecule has 2 N–H and O–H groups in total. The van der Waals surface area contributed by atoms with Crippen molar-refractivity contribution in [1.29, 1.82) is 0 Å². The molecule has 1 saturated carbocycles. The van der Waals surface area contributed by atoms with Crippen LogP contribution in [-0.2, 0) is 9.53 Å². The fourth-order valence-electron chi connectivity index (χ4n) is 2.40. The number of hydrogen-bond donors (Lipinski definition) is 2. The Bertz CT molecular complexity index is 240. The van der Waals surface area contributed by atoms with E-state index >= 15 is 0 Å². The van der Waals surface area contributed by atoms with Crippen LogP contribution in [0, 0.1) is 5.41 Å². The van der Waals surface area contributed by atoms with Gasteiger partial charge >= 0.3 is 5.97 Å². The number of aliphatic carboxylic acids is 1. The molecule has 0 spiro atoms.